The van der Waals surface area contributed by atoms with Gasteiger partial charge in [0.05, 0.1) is 46.8 Å². The lowest BCUT2D eigenvalue weighted by Gasteiger charge is -2.11. The van der Waals surface area contributed by atoms with Crippen LogP contribution in [-0.2, 0) is 0 Å². The van der Waals surface area contributed by atoms with Crippen LogP contribution in [0.2, 0.25) is 0 Å². The first-order valence-corrected chi connectivity index (χ1v) is 9.15. The maximum atomic E-state index is 13.2. The Morgan fingerprint density at radius 1 is 1.20 bits per heavy atom. The number of methoxy groups -OCH3 is 1. The fourth-order valence-corrected chi connectivity index (χ4v) is 3.36. The fraction of sp³-hybridized carbons (Fsp3) is 0.182. The molecule has 0 unspecified atom stereocenters. The quantitative estimate of drug-likeness (QED) is 0.533. The van der Waals surface area contributed by atoms with E-state index >= 15 is 0 Å². The van der Waals surface area contributed by atoms with Gasteiger partial charge in [0.15, 0.2) is 0 Å². The van der Waals surface area contributed by atoms with Gasteiger partial charge in [-0.25, -0.2) is 4.98 Å². The van der Waals surface area contributed by atoms with Crippen LogP contribution >= 0.6 is 0 Å². The molecular weight excluding hydrogens is 384 g/mol. The summed E-state index contributed by atoms with van der Waals surface area (Å²) in [6, 6.07) is 10.4. The van der Waals surface area contributed by atoms with Crippen molar-refractivity contribution in [1.29, 1.82) is 5.26 Å². The van der Waals surface area contributed by atoms with Gasteiger partial charge in [0.1, 0.15) is 17.3 Å². The Morgan fingerprint density at radius 2 is 2.00 bits per heavy atom. The van der Waals surface area contributed by atoms with Crippen LogP contribution in [0.1, 0.15) is 33.1 Å². The topological polar surface area (TPSA) is 114 Å². The van der Waals surface area contributed by atoms with Crippen molar-refractivity contribution in [3.8, 4) is 23.1 Å². The molecule has 8 nitrogen and oxygen atoms in total. The third kappa shape index (κ3) is 3.26. The lowest BCUT2D eigenvalue weighted by atomic mass is 10.0. The number of hydrogen-bond acceptors (Lipinski definition) is 7. The molecule has 0 spiro atoms. The zero-order chi connectivity index (χ0) is 21.4. The maximum absolute atomic E-state index is 13.2. The maximum Gasteiger partial charge on any atom is 0.259 e. The number of nitrogens with zero attached hydrogens (tertiary/aromatic N) is 3. The number of ether oxygens (including phenoxy) is 1. The summed E-state index contributed by atoms with van der Waals surface area (Å²) in [4.78, 5) is 17.8. The lowest BCUT2D eigenvalue weighted by molar-refractivity contribution is 0.102. The van der Waals surface area contributed by atoms with Gasteiger partial charge in [-0.15, -0.1) is 0 Å². The van der Waals surface area contributed by atoms with Gasteiger partial charge in [0, 0.05) is 5.56 Å². The van der Waals surface area contributed by atoms with Crippen molar-refractivity contribution in [3.63, 3.8) is 0 Å². The molecule has 3 aromatic heterocycles. The fourth-order valence-electron chi connectivity index (χ4n) is 3.36. The van der Waals surface area contributed by atoms with Crippen molar-refractivity contribution in [2.45, 2.75) is 20.8 Å². The number of anilines is 1. The third-order valence-corrected chi connectivity index (χ3v) is 4.76. The molecule has 0 radical (unpaired) electrons. The van der Waals surface area contributed by atoms with Gasteiger partial charge in [0.2, 0.25) is 0 Å². The molecule has 0 aliphatic carbocycles. The van der Waals surface area contributed by atoms with E-state index in [0.717, 1.165) is 11.3 Å². The van der Waals surface area contributed by atoms with Crippen LogP contribution in [-0.4, -0.2) is 23.2 Å². The number of carbonyl (C=O) groups is 1. The molecule has 4 rings (SSSR count). The summed E-state index contributed by atoms with van der Waals surface area (Å²) in [5.41, 5.74) is 3.24. The second kappa shape index (κ2) is 7.37. The highest BCUT2D eigenvalue weighted by molar-refractivity contribution is 6.13. The predicted molar refractivity (Wildman–Crippen MR) is 109 cm³/mol. The van der Waals surface area contributed by atoms with E-state index in [0.29, 0.717) is 45.1 Å². The van der Waals surface area contributed by atoms with Crippen molar-refractivity contribution < 1.29 is 18.5 Å². The van der Waals surface area contributed by atoms with Crippen molar-refractivity contribution in [2.24, 2.45) is 0 Å². The molecule has 0 saturated heterocycles. The first kappa shape index (κ1) is 19.2. The highest BCUT2D eigenvalue weighted by atomic mass is 16.5. The normalized spacial score (nSPS) is 10.8. The molecule has 1 amide bonds. The van der Waals surface area contributed by atoms with Crippen molar-refractivity contribution >= 4 is 22.7 Å². The van der Waals surface area contributed by atoms with E-state index in [1.54, 1.807) is 31.2 Å². The summed E-state index contributed by atoms with van der Waals surface area (Å²) in [5.74, 6) is 1.46. The van der Waals surface area contributed by atoms with E-state index in [1.807, 2.05) is 19.9 Å². The molecule has 4 aromatic rings. The molecule has 0 atom stereocenters. The molecule has 8 heteroatoms. The summed E-state index contributed by atoms with van der Waals surface area (Å²) in [7, 11) is 1.49. The molecule has 150 valence electrons. The number of amides is 1. The summed E-state index contributed by atoms with van der Waals surface area (Å²) in [6.45, 7) is 5.42. The average molecular weight is 402 g/mol. The number of pyridine rings is 1. The Bertz CT molecular complexity index is 1330. The Balaban J connectivity index is 1.84. The number of aryl methyl sites for hydroxylation is 3. The van der Waals surface area contributed by atoms with Gasteiger partial charge < -0.3 is 19.0 Å². The minimum atomic E-state index is -0.402. The highest BCUT2D eigenvalue weighted by Crippen LogP contribution is 2.32. The van der Waals surface area contributed by atoms with E-state index in [2.05, 4.69) is 21.5 Å². The van der Waals surface area contributed by atoms with Gasteiger partial charge >= 0.3 is 0 Å². The summed E-state index contributed by atoms with van der Waals surface area (Å²) < 4.78 is 16.3. The summed E-state index contributed by atoms with van der Waals surface area (Å²) in [6.07, 6.45) is 0. The van der Waals surface area contributed by atoms with Gasteiger partial charge in [-0.1, -0.05) is 5.16 Å². The minimum Gasteiger partial charge on any atom is -0.495 e. The number of furan rings is 1. The van der Waals surface area contributed by atoms with Crippen LogP contribution in [0, 0.1) is 32.1 Å². The van der Waals surface area contributed by atoms with Gasteiger partial charge in [-0.3, -0.25) is 4.79 Å². The number of fused-ring (bicyclic) bond motifs is 1. The number of benzene rings is 1. The van der Waals surface area contributed by atoms with E-state index in [1.165, 1.54) is 7.11 Å². The van der Waals surface area contributed by atoms with Crippen LogP contribution in [0.25, 0.3) is 22.4 Å². The SMILES string of the molecule is COc1ccc(C#N)cc1NC(=O)c1cc(-c2cc(C)oc2C)nc2onc(C)c12. The average Bonchev–Trinajstić information content (AvgIpc) is 3.28. The molecular formula is C22H18N4O4. The molecule has 0 fully saturated rings. The predicted octanol–water partition coefficient (Wildman–Crippen LogP) is 4.54. The van der Waals surface area contributed by atoms with E-state index < -0.39 is 5.91 Å². The number of rotatable bonds is 4. The van der Waals surface area contributed by atoms with Crippen LogP contribution in [0.4, 0.5) is 5.69 Å². The van der Waals surface area contributed by atoms with Crippen LogP contribution in [0.15, 0.2) is 39.3 Å². The van der Waals surface area contributed by atoms with Crippen molar-refractivity contribution in [1.82, 2.24) is 10.1 Å². The Morgan fingerprint density at radius 3 is 2.67 bits per heavy atom. The van der Waals surface area contributed by atoms with Gasteiger partial charge in [0.25, 0.3) is 11.6 Å². The standard InChI is InChI=1S/C22H18N4O4/c1-11-7-15(13(3)29-11)17-9-16(20-12(2)26-30-22(20)25-17)21(27)24-18-8-14(10-23)5-6-19(18)28-4/h5-9H,1-4H3,(H,24,27). The second-order valence-corrected chi connectivity index (χ2v) is 6.81. The molecule has 0 saturated carbocycles. The van der Waals surface area contributed by atoms with Gasteiger partial charge in [-0.2, -0.15) is 5.26 Å². The number of carbonyl (C=O) groups excluding carboxylic acids is 1. The first-order valence-electron chi connectivity index (χ1n) is 9.15. The molecule has 3 heterocycles. The van der Waals surface area contributed by atoms with Crippen molar-refractivity contribution in [3.05, 3.63) is 58.7 Å². The molecule has 30 heavy (non-hydrogen) atoms. The highest BCUT2D eigenvalue weighted by Gasteiger charge is 2.22. The number of nitrogens with one attached hydrogen (secondary N) is 1. The molecule has 1 N–H and O–H groups in total. The van der Waals surface area contributed by atoms with Crippen LogP contribution in [0.5, 0.6) is 5.75 Å². The summed E-state index contributed by atoms with van der Waals surface area (Å²) in [5, 5.41) is 16.5. The lowest BCUT2D eigenvalue weighted by Crippen LogP contribution is -2.14. The Labute approximate surface area is 172 Å². The smallest absolute Gasteiger partial charge is 0.259 e. The van der Waals surface area contributed by atoms with E-state index in [9.17, 15) is 10.1 Å². The molecule has 0 aliphatic heterocycles. The Kier molecular flexibility index (Phi) is 4.72. The van der Waals surface area contributed by atoms with E-state index in [-0.39, 0.29) is 5.71 Å². The Hall–Kier alpha value is -4.12. The van der Waals surface area contributed by atoms with E-state index in [4.69, 9.17) is 13.7 Å². The minimum absolute atomic E-state index is 0.256. The van der Waals surface area contributed by atoms with Crippen molar-refractivity contribution in [2.75, 3.05) is 12.4 Å². The van der Waals surface area contributed by atoms with Crippen LogP contribution < -0.4 is 10.1 Å². The van der Waals surface area contributed by atoms with Gasteiger partial charge in [-0.05, 0) is 51.1 Å². The number of aromatic nitrogens is 2. The first-order chi connectivity index (χ1) is 14.4. The zero-order valence-electron chi connectivity index (χ0n) is 16.9. The molecule has 0 bridgehead atoms. The zero-order valence-corrected chi connectivity index (χ0v) is 16.9. The largest absolute Gasteiger partial charge is 0.495 e. The molecule has 1 aromatic carbocycles. The number of nitriles is 1. The molecule has 0 aliphatic rings. The monoisotopic (exact) mass is 402 g/mol. The van der Waals surface area contributed by atoms with Crippen LogP contribution in [0.3, 0.4) is 0 Å². The third-order valence-electron chi connectivity index (χ3n) is 4.76. The second-order valence-electron chi connectivity index (χ2n) is 6.81. The number of hydrogen-bond donors (Lipinski definition) is 1. The summed E-state index contributed by atoms with van der Waals surface area (Å²) >= 11 is 0.